The Morgan fingerprint density at radius 3 is 2.55 bits per heavy atom. The van der Waals surface area contributed by atoms with Gasteiger partial charge in [0.1, 0.15) is 4.88 Å². The summed E-state index contributed by atoms with van der Waals surface area (Å²) in [6.07, 6.45) is 5.74. The summed E-state index contributed by atoms with van der Waals surface area (Å²) in [4.78, 5) is 40.1. The molecule has 10 heteroatoms. The average Bonchev–Trinajstić information content (AvgIpc) is 3.10. The molecule has 0 spiro atoms. The van der Waals surface area contributed by atoms with Gasteiger partial charge in [0.05, 0.1) is 16.5 Å². The molecule has 0 unspecified atom stereocenters. The van der Waals surface area contributed by atoms with Gasteiger partial charge in [-0.25, -0.2) is 0 Å². The molecule has 0 atom stereocenters. The number of hydrogen-bond acceptors (Lipinski definition) is 6. The lowest BCUT2D eigenvalue weighted by atomic mass is 9.95. The van der Waals surface area contributed by atoms with Crippen molar-refractivity contribution in [3.05, 3.63) is 38.2 Å². The summed E-state index contributed by atoms with van der Waals surface area (Å²) >= 11 is 7.61. The van der Waals surface area contributed by atoms with Crippen molar-refractivity contribution >= 4 is 50.5 Å². The molecule has 4 rings (SSSR count). The van der Waals surface area contributed by atoms with Gasteiger partial charge in [0.15, 0.2) is 0 Å². The molecule has 1 aliphatic carbocycles. The van der Waals surface area contributed by atoms with Crippen molar-refractivity contribution in [3.8, 4) is 0 Å². The number of benzene rings is 1. The second-order valence-electron chi connectivity index (χ2n) is 8.15. The van der Waals surface area contributed by atoms with E-state index in [-0.39, 0.29) is 17.5 Å². The smallest absolute Gasteiger partial charge is 0.270 e. The highest BCUT2D eigenvalue weighted by atomic mass is 35.5. The number of rotatable bonds is 5. The minimum Gasteiger partial charge on any atom is -0.352 e. The molecule has 166 valence electrons. The molecule has 1 N–H and O–H groups in total. The summed E-state index contributed by atoms with van der Waals surface area (Å²) in [6, 6.07) is 4.74. The van der Waals surface area contributed by atoms with Crippen molar-refractivity contribution in [1.29, 1.82) is 0 Å². The number of non-ortho nitro benzene ring substituents is 1. The summed E-state index contributed by atoms with van der Waals surface area (Å²) < 4.78 is 0.626. The van der Waals surface area contributed by atoms with Crippen LogP contribution in [0.4, 0.5) is 5.69 Å². The van der Waals surface area contributed by atoms with Crippen LogP contribution in [-0.4, -0.2) is 65.3 Å². The van der Waals surface area contributed by atoms with Gasteiger partial charge >= 0.3 is 0 Å². The number of nitro benzene ring substituents is 1. The maximum Gasteiger partial charge on any atom is 0.270 e. The first-order valence-electron chi connectivity index (χ1n) is 10.6. The van der Waals surface area contributed by atoms with Gasteiger partial charge in [-0.2, -0.15) is 0 Å². The van der Waals surface area contributed by atoms with E-state index in [1.807, 2.05) is 0 Å². The van der Waals surface area contributed by atoms with E-state index in [2.05, 4.69) is 10.2 Å². The van der Waals surface area contributed by atoms with Gasteiger partial charge in [0.25, 0.3) is 11.6 Å². The number of amides is 2. The third-order valence-electron chi connectivity index (χ3n) is 6.02. The van der Waals surface area contributed by atoms with Crippen LogP contribution >= 0.6 is 22.9 Å². The molecule has 1 aromatic heterocycles. The molecular weight excluding hydrogens is 440 g/mol. The summed E-state index contributed by atoms with van der Waals surface area (Å²) in [6.45, 7) is 2.63. The Balaban J connectivity index is 1.34. The van der Waals surface area contributed by atoms with Crippen molar-refractivity contribution in [1.82, 2.24) is 15.1 Å². The SMILES string of the molecule is O=C(CN1CCN(C(=O)c2sc3cc([N+](=O)[O-])ccc3c2Cl)CC1)NC1CCCCC1. The molecule has 31 heavy (non-hydrogen) atoms. The molecule has 1 saturated carbocycles. The second kappa shape index (κ2) is 9.50. The van der Waals surface area contributed by atoms with Crippen LogP contribution < -0.4 is 5.32 Å². The number of thiophene rings is 1. The fourth-order valence-electron chi connectivity index (χ4n) is 4.28. The van der Waals surface area contributed by atoms with Gasteiger partial charge in [-0.15, -0.1) is 11.3 Å². The number of halogens is 1. The Morgan fingerprint density at radius 1 is 1.16 bits per heavy atom. The predicted octanol–water partition coefficient (Wildman–Crippen LogP) is 3.67. The first kappa shape index (κ1) is 22.0. The van der Waals surface area contributed by atoms with Gasteiger partial charge in [-0.05, 0) is 18.9 Å². The van der Waals surface area contributed by atoms with Crippen LogP contribution in [-0.2, 0) is 4.79 Å². The predicted molar refractivity (Wildman–Crippen MR) is 121 cm³/mol. The zero-order chi connectivity index (χ0) is 22.0. The molecule has 2 aromatic rings. The summed E-state index contributed by atoms with van der Waals surface area (Å²) in [5.41, 5.74) is -0.0236. The third-order valence-corrected chi connectivity index (χ3v) is 7.66. The molecule has 1 aromatic carbocycles. The van der Waals surface area contributed by atoms with Gasteiger partial charge in [0.2, 0.25) is 5.91 Å². The summed E-state index contributed by atoms with van der Waals surface area (Å²) in [5, 5.41) is 15.1. The van der Waals surface area contributed by atoms with E-state index < -0.39 is 4.92 Å². The molecule has 8 nitrogen and oxygen atoms in total. The number of fused-ring (bicyclic) bond motifs is 1. The lowest BCUT2D eigenvalue weighted by Gasteiger charge is -2.34. The van der Waals surface area contributed by atoms with Crippen LogP contribution in [0.15, 0.2) is 18.2 Å². The Kier molecular flexibility index (Phi) is 6.74. The molecule has 2 amide bonds. The van der Waals surface area contributed by atoms with Crippen LogP contribution in [0, 0.1) is 10.1 Å². The van der Waals surface area contributed by atoms with Gasteiger partial charge in [-0.1, -0.05) is 30.9 Å². The molecule has 2 fully saturated rings. The largest absolute Gasteiger partial charge is 0.352 e. The first-order valence-corrected chi connectivity index (χ1v) is 11.8. The van der Waals surface area contributed by atoms with E-state index in [1.54, 1.807) is 11.0 Å². The highest BCUT2D eigenvalue weighted by Crippen LogP contribution is 2.38. The number of carbonyl (C=O) groups is 2. The lowest BCUT2D eigenvalue weighted by Crippen LogP contribution is -2.52. The summed E-state index contributed by atoms with van der Waals surface area (Å²) in [5.74, 6) is -0.110. The Labute approximate surface area is 189 Å². The van der Waals surface area contributed by atoms with E-state index in [9.17, 15) is 19.7 Å². The standard InChI is InChI=1S/C21H25ClN4O4S/c22-19-16-7-6-15(26(29)30)12-17(16)31-20(19)21(28)25-10-8-24(9-11-25)13-18(27)23-14-4-2-1-3-5-14/h6-7,12,14H,1-5,8-11,13H2,(H,23,27). The number of nitrogens with zero attached hydrogens (tertiary/aromatic N) is 3. The number of carbonyl (C=O) groups excluding carboxylic acids is 2. The zero-order valence-electron chi connectivity index (χ0n) is 17.1. The maximum absolute atomic E-state index is 13.0. The van der Waals surface area contributed by atoms with Gasteiger partial charge < -0.3 is 10.2 Å². The van der Waals surface area contributed by atoms with Crippen molar-refractivity contribution < 1.29 is 14.5 Å². The fraction of sp³-hybridized carbons (Fsp3) is 0.524. The topological polar surface area (TPSA) is 95.8 Å². The van der Waals surface area contributed by atoms with E-state index in [1.165, 1.54) is 42.7 Å². The second-order valence-corrected chi connectivity index (χ2v) is 9.58. The van der Waals surface area contributed by atoms with Crippen molar-refractivity contribution in [3.63, 3.8) is 0 Å². The molecule has 2 heterocycles. The number of nitrogens with one attached hydrogen (secondary N) is 1. The minimum atomic E-state index is -0.460. The Hall–Kier alpha value is -2.23. The van der Waals surface area contributed by atoms with Crippen LogP contribution in [0.25, 0.3) is 10.1 Å². The number of hydrogen-bond donors (Lipinski definition) is 1. The van der Waals surface area contributed by atoms with Crippen LogP contribution in [0.5, 0.6) is 0 Å². The molecule has 0 radical (unpaired) electrons. The van der Waals surface area contributed by atoms with E-state index in [0.29, 0.717) is 58.8 Å². The molecular formula is C21H25ClN4O4S. The highest BCUT2D eigenvalue weighted by Gasteiger charge is 2.27. The molecule has 1 aliphatic heterocycles. The lowest BCUT2D eigenvalue weighted by molar-refractivity contribution is -0.384. The van der Waals surface area contributed by atoms with Crippen molar-refractivity contribution in [2.45, 2.75) is 38.1 Å². The van der Waals surface area contributed by atoms with Gasteiger partial charge in [0, 0.05) is 54.4 Å². The van der Waals surface area contributed by atoms with Crippen molar-refractivity contribution in [2.75, 3.05) is 32.7 Å². The fourth-order valence-corrected chi connectivity index (χ4v) is 5.79. The zero-order valence-corrected chi connectivity index (χ0v) is 18.7. The van der Waals surface area contributed by atoms with E-state index >= 15 is 0 Å². The molecule has 0 bridgehead atoms. The Bertz CT molecular complexity index is 997. The van der Waals surface area contributed by atoms with E-state index in [4.69, 9.17) is 11.6 Å². The van der Waals surface area contributed by atoms with Crippen molar-refractivity contribution in [2.24, 2.45) is 0 Å². The van der Waals surface area contributed by atoms with Gasteiger partial charge in [-0.3, -0.25) is 24.6 Å². The highest BCUT2D eigenvalue weighted by molar-refractivity contribution is 7.21. The Morgan fingerprint density at radius 2 is 1.87 bits per heavy atom. The third kappa shape index (κ3) is 4.99. The van der Waals surface area contributed by atoms with Crippen LogP contribution in [0.2, 0.25) is 5.02 Å². The normalized spacial score (nSPS) is 18.3. The van der Waals surface area contributed by atoms with E-state index in [0.717, 1.165) is 12.8 Å². The summed E-state index contributed by atoms with van der Waals surface area (Å²) in [7, 11) is 0. The van der Waals surface area contributed by atoms with Crippen LogP contribution in [0.1, 0.15) is 41.8 Å². The quantitative estimate of drug-likeness (QED) is 0.538. The average molecular weight is 465 g/mol. The monoisotopic (exact) mass is 464 g/mol. The van der Waals surface area contributed by atoms with Crippen LogP contribution in [0.3, 0.4) is 0 Å². The molecule has 1 saturated heterocycles. The first-order chi connectivity index (χ1) is 14.9. The molecule has 2 aliphatic rings. The minimum absolute atomic E-state index is 0.0236. The number of nitro groups is 1. The maximum atomic E-state index is 13.0. The number of piperazine rings is 1.